The van der Waals surface area contributed by atoms with Crippen LogP contribution in [-0.2, 0) is 9.13 Å². The van der Waals surface area contributed by atoms with Crippen LogP contribution < -0.4 is 24.4 Å². The molecule has 9 heteroatoms. The molecule has 56 valence electrons. The fourth-order valence-electron chi connectivity index (χ4n) is 0.150. The van der Waals surface area contributed by atoms with Gasteiger partial charge in [0.05, 0.1) is 0 Å². The maximum absolute atomic E-state index is 9.44. The van der Waals surface area contributed by atoms with E-state index in [-0.39, 0.29) is 0 Å². The summed E-state index contributed by atoms with van der Waals surface area (Å²) in [6, 6.07) is 0. The first-order chi connectivity index (χ1) is 3.71. The Bertz CT molecular complexity index is 151. The van der Waals surface area contributed by atoms with Crippen LogP contribution in [0.25, 0.3) is 0 Å². The molecule has 0 aliphatic heterocycles. The molecule has 0 amide bonds. The summed E-state index contributed by atoms with van der Waals surface area (Å²) in [4.78, 5) is 38.1. The van der Waals surface area contributed by atoms with Crippen molar-refractivity contribution in [1.29, 1.82) is 0 Å². The van der Waals surface area contributed by atoms with Crippen molar-refractivity contribution in [2.24, 2.45) is 0 Å². The molecule has 0 aromatic heterocycles. The summed E-state index contributed by atoms with van der Waals surface area (Å²) in [5, 5.41) is 0. The van der Waals surface area contributed by atoms with Crippen LogP contribution in [0.1, 0.15) is 0 Å². The molecule has 0 aromatic carbocycles. The van der Waals surface area contributed by atoms with Gasteiger partial charge in [0.1, 0.15) is 0 Å². The van der Waals surface area contributed by atoms with Crippen LogP contribution in [0.2, 0.25) is 0 Å². The lowest BCUT2D eigenvalue weighted by molar-refractivity contribution is -0.332. The maximum atomic E-state index is 9.44. The van der Waals surface area contributed by atoms with Crippen LogP contribution >= 0.6 is 15.5 Å². The molecule has 0 aliphatic carbocycles. The van der Waals surface area contributed by atoms with Crippen molar-refractivity contribution in [3.8, 4) is 0 Å². The molecule has 9 heavy (non-hydrogen) atoms. The quantitative estimate of drug-likeness (QED) is 0.422. The molecular weight excluding hydrogens is 172 g/mol. The van der Waals surface area contributed by atoms with Gasteiger partial charge in [-0.2, -0.15) is 0 Å². The predicted molar refractivity (Wildman–Crippen MR) is 18.3 cm³/mol. The zero-order valence-corrected chi connectivity index (χ0v) is 5.63. The van der Waals surface area contributed by atoms with Crippen LogP contribution in [0.3, 0.4) is 0 Å². The van der Waals surface area contributed by atoms with Gasteiger partial charge in [0.25, 0.3) is 0 Å². The molecule has 0 fully saturated rings. The fourth-order valence-corrected chi connectivity index (χ4v) is 1.35. The third-order valence-electron chi connectivity index (χ3n) is 0.245. The van der Waals surface area contributed by atoms with Gasteiger partial charge in [-0.15, -0.1) is 0 Å². The lowest BCUT2D eigenvalue weighted by Gasteiger charge is -2.41. The third-order valence-corrected chi connectivity index (χ3v) is 2.20. The standard InChI is InChI=1S/H5NO6P2/c2-8(3,4)1-9(5,6)7/h(H5,1,2,3,4,5,6,7)/p-4. The largest absolute Gasteiger partial charge is 0.799 e. The predicted octanol–water partition coefficient (Wildman–Crippen LogP) is -3.77. The SMILES string of the molecule is O=P([O-])([O-])NP(=O)([O-])[O-]. The molecule has 0 saturated carbocycles. The lowest BCUT2D eigenvalue weighted by Crippen LogP contribution is -2.33. The Hall–Kier alpha value is 0.260. The fraction of sp³-hybridized carbons (Fsp3) is 0. The van der Waals surface area contributed by atoms with E-state index in [2.05, 4.69) is 0 Å². The molecule has 0 atom stereocenters. The maximum Gasteiger partial charge on any atom is 0.00144 e. The summed E-state index contributed by atoms with van der Waals surface area (Å²) in [5.41, 5.74) is 0. The minimum absolute atomic E-state index is 0.347. The van der Waals surface area contributed by atoms with Crippen LogP contribution in [0, 0.1) is 0 Å². The Balaban J connectivity index is 4.07. The molecule has 0 aliphatic rings. The van der Waals surface area contributed by atoms with E-state index in [1.807, 2.05) is 0 Å². The van der Waals surface area contributed by atoms with Gasteiger partial charge in [-0.25, -0.2) is 0 Å². The summed E-state index contributed by atoms with van der Waals surface area (Å²) in [5.74, 6) is 0. The van der Waals surface area contributed by atoms with Crippen LogP contribution in [0.4, 0.5) is 0 Å². The summed E-state index contributed by atoms with van der Waals surface area (Å²) < 4.78 is 18.9. The van der Waals surface area contributed by atoms with E-state index in [4.69, 9.17) is 0 Å². The zero-order chi connectivity index (χ0) is 7.71. The minimum atomic E-state index is -5.43. The number of nitrogens with one attached hydrogen (secondary N) is 1. The highest BCUT2D eigenvalue weighted by atomic mass is 31.3. The molecule has 0 saturated heterocycles. The third kappa shape index (κ3) is 8.26. The molecule has 0 heterocycles. The molecule has 0 spiro atoms. The molecule has 0 unspecified atom stereocenters. The van der Waals surface area contributed by atoms with Gasteiger partial charge in [-0.1, -0.05) is 0 Å². The van der Waals surface area contributed by atoms with E-state index in [1.54, 1.807) is 0 Å². The first kappa shape index (κ1) is 9.26. The monoisotopic (exact) mass is 173 g/mol. The summed E-state index contributed by atoms with van der Waals surface area (Å²) in [6.07, 6.45) is 0. The molecule has 1 N–H and O–H groups in total. The first-order valence-corrected chi connectivity index (χ1v) is 4.63. The second kappa shape index (κ2) is 2.48. The molecule has 0 aromatic rings. The van der Waals surface area contributed by atoms with Crippen molar-refractivity contribution in [2.45, 2.75) is 0 Å². The summed E-state index contributed by atoms with van der Waals surface area (Å²) in [6.45, 7) is 0. The molecular formula is HNO6P2-4. The second-order valence-corrected chi connectivity index (χ2v) is 3.88. The Labute approximate surface area is 50.1 Å². The number of hydrogen-bond acceptors (Lipinski definition) is 6. The molecule has 0 radical (unpaired) electrons. The van der Waals surface area contributed by atoms with Gasteiger partial charge in [-0.3, -0.25) is 4.86 Å². The van der Waals surface area contributed by atoms with Crippen molar-refractivity contribution in [1.82, 2.24) is 4.86 Å². The van der Waals surface area contributed by atoms with E-state index in [1.165, 1.54) is 0 Å². The lowest BCUT2D eigenvalue weighted by atomic mass is 13.9. The highest BCUT2D eigenvalue weighted by Crippen LogP contribution is 2.31. The van der Waals surface area contributed by atoms with Gasteiger partial charge >= 0.3 is 0 Å². The normalized spacial score (nSPS) is 13.8. The van der Waals surface area contributed by atoms with Gasteiger partial charge < -0.3 is 28.7 Å². The van der Waals surface area contributed by atoms with Crippen LogP contribution in [-0.4, -0.2) is 0 Å². The van der Waals surface area contributed by atoms with Gasteiger partial charge in [0.15, 0.2) is 0 Å². The van der Waals surface area contributed by atoms with Crippen LogP contribution in [0.15, 0.2) is 0 Å². The highest BCUT2D eigenvalue weighted by molar-refractivity contribution is 7.62. The number of rotatable bonds is 2. The Morgan fingerprint density at radius 2 is 1.11 bits per heavy atom. The van der Waals surface area contributed by atoms with Crippen molar-refractivity contribution >= 4 is 15.5 Å². The smallest absolute Gasteiger partial charge is 0.00144 e. The average molecular weight is 173 g/mol. The Morgan fingerprint density at radius 1 is 0.889 bits per heavy atom. The summed E-state index contributed by atoms with van der Waals surface area (Å²) >= 11 is 0. The van der Waals surface area contributed by atoms with E-state index in [0.717, 1.165) is 0 Å². The van der Waals surface area contributed by atoms with Gasteiger partial charge in [0.2, 0.25) is 0 Å². The van der Waals surface area contributed by atoms with Crippen molar-refractivity contribution in [3.63, 3.8) is 0 Å². The van der Waals surface area contributed by atoms with E-state index in [9.17, 15) is 28.7 Å². The van der Waals surface area contributed by atoms with Crippen molar-refractivity contribution in [3.05, 3.63) is 0 Å². The van der Waals surface area contributed by atoms with E-state index in [0.29, 0.717) is 4.86 Å². The van der Waals surface area contributed by atoms with Crippen molar-refractivity contribution in [2.75, 3.05) is 0 Å². The van der Waals surface area contributed by atoms with Gasteiger partial charge in [0, 0.05) is 15.5 Å². The number of hydrogen-bond donors (Lipinski definition) is 1. The highest BCUT2D eigenvalue weighted by Gasteiger charge is 1.90. The molecule has 0 rings (SSSR count). The van der Waals surface area contributed by atoms with E-state index >= 15 is 0 Å². The van der Waals surface area contributed by atoms with Crippen molar-refractivity contribution < 1.29 is 28.7 Å². The Morgan fingerprint density at radius 3 is 1.11 bits per heavy atom. The van der Waals surface area contributed by atoms with Crippen LogP contribution in [0.5, 0.6) is 0 Å². The molecule has 0 bridgehead atoms. The Kier molecular flexibility index (Phi) is 2.55. The summed E-state index contributed by atoms with van der Waals surface area (Å²) in [7, 11) is -10.9. The zero-order valence-electron chi connectivity index (χ0n) is 3.84. The van der Waals surface area contributed by atoms with E-state index < -0.39 is 15.5 Å². The first-order valence-electron chi connectivity index (χ1n) is 1.54. The average Bonchev–Trinajstić information content (AvgIpc) is 1.14. The second-order valence-electron chi connectivity index (χ2n) is 1.09. The topological polar surface area (TPSA) is 138 Å². The molecule has 7 nitrogen and oxygen atoms in total. The van der Waals surface area contributed by atoms with Gasteiger partial charge in [-0.05, 0) is 0 Å². The minimum Gasteiger partial charge on any atom is -0.799 e.